The van der Waals surface area contributed by atoms with Gasteiger partial charge in [0.25, 0.3) is 0 Å². The minimum atomic E-state index is -0.208. The number of rotatable bonds is 0. The highest BCUT2D eigenvalue weighted by molar-refractivity contribution is 6.20. The Bertz CT molecular complexity index is 1220. The predicted molar refractivity (Wildman–Crippen MR) is 88.0 cm³/mol. The van der Waals surface area contributed by atoms with E-state index in [0.29, 0.717) is 29.5 Å². The average molecular weight is 317 g/mol. The molecule has 7 heteroatoms. The number of nitrogens with zero attached hydrogens (tertiary/aromatic N) is 4. The molecule has 4 heterocycles. The van der Waals surface area contributed by atoms with Gasteiger partial charge in [-0.25, -0.2) is 9.78 Å². The predicted octanol–water partition coefficient (Wildman–Crippen LogP) is 1.89. The number of aromatic amines is 1. The Hall–Kier alpha value is -3.40. The molecule has 116 valence electrons. The van der Waals surface area contributed by atoms with E-state index in [1.165, 1.54) is 4.57 Å². The number of amides is 1. The molecule has 1 N–H and O–H groups in total. The molecule has 0 saturated carbocycles. The lowest BCUT2D eigenvalue weighted by molar-refractivity contribution is 0.145. The summed E-state index contributed by atoms with van der Waals surface area (Å²) in [6.07, 6.45) is 6.63. The number of carbonyl (C=O) groups is 1. The Labute approximate surface area is 135 Å². The van der Waals surface area contributed by atoms with Crippen molar-refractivity contribution >= 4 is 38.6 Å². The van der Waals surface area contributed by atoms with E-state index >= 15 is 0 Å². The smallest absolute Gasteiger partial charge is 0.328 e. The molecule has 1 amide bonds. The van der Waals surface area contributed by atoms with Crippen LogP contribution in [0.4, 0.5) is 4.79 Å². The molecular formula is C17H11N5O2. The standard InChI is InChI=1S/C17H11N5O2/c18-3-9-5-21(6-9)17(24)22-7-12-10-1-2-19-16-14(10)11(4-20-16)15(23)13(12)8-22/h1-2,4,7-9H,5-6H2,(H,19,20). The number of carbonyl (C=O) groups excluding carboxylic acids is 1. The first kappa shape index (κ1) is 13.1. The lowest BCUT2D eigenvalue weighted by Gasteiger charge is -2.34. The number of likely N-dealkylation sites (tertiary alicyclic amines) is 1. The SMILES string of the molecule is N#CC1CN(C(=O)n2cc3c(=O)c4cnc5[nH]ccc(c3c2)c54)C1. The fourth-order valence-corrected chi connectivity index (χ4v) is 3.44. The van der Waals surface area contributed by atoms with E-state index in [1.54, 1.807) is 29.7 Å². The van der Waals surface area contributed by atoms with Crippen molar-refractivity contribution in [3.05, 3.63) is 41.1 Å². The van der Waals surface area contributed by atoms with Gasteiger partial charge in [0.05, 0.1) is 17.4 Å². The van der Waals surface area contributed by atoms with Crippen molar-refractivity contribution in [2.75, 3.05) is 13.1 Å². The molecule has 3 aromatic heterocycles. The van der Waals surface area contributed by atoms with E-state index in [-0.39, 0.29) is 17.4 Å². The third kappa shape index (κ3) is 1.52. The van der Waals surface area contributed by atoms with Crippen LogP contribution in [0.1, 0.15) is 0 Å². The fourth-order valence-electron chi connectivity index (χ4n) is 3.44. The van der Waals surface area contributed by atoms with Gasteiger partial charge in [-0.2, -0.15) is 5.26 Å². The summed E-state index contributed by atoms with van der Waals surface area (Å²) in [4.78, 5) is 34.1. The average Bonchev–Trinajstić information content (AvgIpc) is 3.17. The van der Waals surface area contributed by atoms with Gasteiger partial charge in [0.1, 0.15) is 5.65 Å². The Morgan fingerprint density at radius 3 is 2.83 bits per heavy atom. The number of fused-ring (bicyclic) bond motifs is 2. The summed E-state index contributed by atoms with van der Waals surface area (Å²) < 4.78 is 1.44. The molecule has 0 radical (unpaired) electrons. The van der Waals surface area contributed by atoms with Crippen molar-refractivity contribution in [1.82, 2.24) is 19.4 Å². The van der Waals surface area contributed by atoms with Gasteiger partial charge in [0.15, 0.2) is 5.43 Å². The van der Waals surface area contributed by atoms with Crippen LogP contribution in [-0.2, 0) is 0 Å². The lowest BCUT2D eigenvalue weighted by atomic mass is 10.0. The Balaban J connectivity index is 1.73. The largest absolute Gasteiger partial charge is 0.346 e. The van der Waals surface area contributed by atoms with Crippen LogP contribution in [0.15, 0.2) is 35.6 Å². The zero-order chi connectivity index (χ0) is 16.4. The van der Waals surface area contributed by atoms with Gasteiger partial charge in [-0.05, 0) is 11.5 Å². The number of hydrogen-bond acceptors (Lipinski definition) is 4. The van der Waals surface area contributed by atoms with Crippen LogP contribution in [0.25, 0.3) is 32.6 Å². The molecule has 24 heavy (non-hydrogen) atoms. The monoisotopic (exact) mass is 317 g/mol. The molecule has 1 aromatic carbocycles. The molecular weight excluding hydrogens is 306 g/mol. The topological polar surface area (TPSA) is 94.8 Å². The summed E-state index contributed by atoms with van der Waals surface area (Å²) in [7, 11) is 0. The van der Waals surface area contributed by atoms with Gasteiger partial charge in [0.2, 0.25) is 0 Å². The van der Waals surface area contributed by atoms with Crippen LogP contribution in [0, 0.1) is 17.2 Å². The normalized spacial score (nSPS) is 15.2. The third-order valence-electron chi connectivity index (χ3n) is 4.73. The molecule has 7 nitrogen and oxygen atoms in total. The number of nitrogens with one attached hydrogen (secondary N) is 1. The summed E-state index contributed by atoms with van der Waals surface area (Å²) in [6, 6.07) is 3.83. The summed E-state index contributed by atoms with van der Waals surface area (Å²) in [5.41, 5.74) is 0.546. The van der Waals surface area contributed by atoms with E-state index in [2.05, 4.69) is 16.0 Å². The summed E-state index contributed by atoms with van der Waals surface area (Å²) >= 11 is 0. The fraction of sp³-hybridized carbons (Fsp3) is 0.176. The van der Waals surface area contributed by atoms with E-state index in [9.17, 15) is 9.59 Å². The van der Waals surface area contributed by atoms with E-state index in [0.717, 1.165) is 16.2 Å². The summed E-state index contributed by atoms with van der Waals surface area (Å²) in [5.74, 6) is -0.0960. The molecule has 0 unspecified atom stereocenters. The first-order valence-corrected chi connectivity index (χ1v) is 7.59. The van der Waals surface area contributed by atoms with E-state index in [1.807, 2.05) is 6.07 Å². The van der Waals surface area contributed by atoms with Crippen LogP contribution >= 0.6 is 0 Å². The van der Waals surface area contributed by atoms with Gasteiger partial charge in [-0.15, -0.1) is 0 Å². The molecule has 5 rings (SSSR count). The maximum Gasteiger partial charge on any atom is 0.328 e. The van der Waals surface area contributed by atoms with Gasteiger partial charge in [0, 0.05) is 54.0 Å². The van der Waals surface area contributed by atoms with Crippen LogP contribution in [0.2, 0.25) is 0 Å². The first-order valence-electron chi connectivity index (χ1n) is 7.59. The molecule has 0 aliphatic carbocycles. The maximum absolute atomic E-state index is 12.7. The van der Waals surface area contributed by atoms with Crippen molar-refractivity contribution in [2.24, 2.45) is 5.92 Å². The zero-order valence-corrected chi connectivity index (χ0v) is 12.5. The van der Waals surface area contributed by atoms with Crippen LogP contribution in [0.5, 0.6) is 0 Å². The van der Waals surface area contributed by atoms with Crippen molar-refractivity contribution < 1.29 is 4.79 Å². The second kappa shape index (κ2) is 4.32. The maximum atomic E-state index is 12.7. The van der Waals surface area contributed by atoms with Crippen molar-refractivity contribution in [3.63, 3.8) is 0 Å². The third-order valence-corrected chi connectivity index (χ3v) is 4.73. The number of nitriles is 1. The molecule has 0 spiro atoms. The van der Waals surface area contributed by atoms with E-state index in [4.69, 9.17) is 5.26 Å². The minimum Gasteiger partial charge on any atom is -0.346 e. The summed E-state index contributed by atoms with van der Waals surface area (Å²) in [6.45, 7) is 0.873. The molecule has 0 bridgehead atoms. The summed E-state index contributed by atoms with van der Waals surface area (Å²) in [5, 5.41) is 12.3. The second-order valence-electron chi connectivity index (χ2n) is 6.12. The second-order valence-corrected chi connectivity index (χ2v) is 6.12. The Morgan fingerprint density at radius 1 is 1.25 bits per heavy atom. The highest BCUT2D eigenvalue weighted by Crippen LogP contribution is 2.30. The molecule has 0 atom stereocenters. The molecule has 4 aromatic rings. The molecule has 1 fully saturated rings. The molecule has 1 aliphatic rings. The van der Waals surface area contributed by atoms with Gasteiger partial charge in [-0.3, -0.25) is 9.36 Å². The molecule has 1 aliphatic heterocycles. The van der Waals surface area contributed by atoms with Crippen molar-refractivity contribution in [3.8, 4) is 6.07 Å². The Kier molecular flexibility index (Phi) is 2.36. The van der Waals surface area contributed by atoms with Gasteiger partial charge in [-0.1, -0.05) is 0 Å². The van der Waals surface area contributed by atoms with Gasteiger partial charge >= 0.3 is 6.03 Å². The van der Waals surface area contributed by atoms with Gasteiger partial charge < -0.3 is 9.88 Å². The number of pyridine rings is 1. The number of aromatic nitrogens is 3. The van der Waals surface area contributed by atoms with Crippen molar-refractivity contribution in [1.29, 1.82) is 5.26 Å². The quantitative estimate of drug-likeness (QED) is 0.536. The minimum absolute atomic E-state index is 0.0960. The van der Waals surface area contributed by atoms with E-state index < -0.39 is 0 Å². The zero-order valence-electron chi connectivity index (χ0n) is 12.5. The lowest BCUT2D eigenvalue weighted by Crippen LogP contribution is -2.50. The van der Waals surface area contributed by atoms with Crippen LogP contribution in [-0.4, -0.2) is 38.6 Å². The number of H-pyrrole nitrogens is 1. The molecule has 1 saturated heterocycles. The van der Waals surface area contributed by atoms with Crippen molar-refractivity contribution in [2.45, 2.75) is 0 Å². The van der Waals surface area contributed by atoms with Crippen LogP contribution < -0.4 is 5.43 Å². The number of hydrogen-bond donors (Lipinski definition) is 1. The number of benzene rings is 1. The van der Waals surface area contributed by atoms with Crippen LogP contribution in [0.3, 0.4) is 0 Å². The highest BCUT2D eigenvalue weighted by Gasteiger charge is 2.31. The first-order chi connectivity index (χ1) is 11.7. The highest BCUT2D eigenvalue weighted by atomic mass is 16.2. The Morgan fingerprint density at radius 2 is 2.04 bits per heavy atom.